The summed E-state index contributed by atoms with van der Waals surface area (Å²) in [4.78, 5) is 24.5. The molecule has 0 saturated carbocycles. The van der Waals surface area contributed by atoms with Crippen LogP contribution in [0.2, 0.25) is 0 Å². The minimum absolute atomic E-state index is 0.126. The van der Waals surface area contributed by atoms with Crippen molar-refractivity contribution in [3.8, 4) is 0 Å². The number of para-hydroxylation sites is 1. The lowest BCUT2D eigenvalue weighted by molar-refractivity contribution is -0.122. The number of carbonyl (C=O) groups excluding carboxylic acids is 1. The van der Waals surface area contributed by atoms with E-state index in [4.69, 9.17) is 4.99 Å². The second kappa shape index (κ2) is 18.9. The molecule has 2 aliphatic rings. The Bertz CT molecular complexity index is 929. The predicted octanol–water partition coefficient (Wildman–Crippen LogP) is 10.4. The first-order valence-electron chi connectivity index (χ1n) is 16.0. The van der Waals surface area contributed by atoms with Crippen LogP contribution < -0.4 is 4.90 Å². The molecule has 2 heterocycles. The van der Waals surface area contributed by atoms with Crippen LogP contribution >= 0.6 is 23.5 Å². The van der Waals surface area contributed by atoms with Crippen LogP contribution in [0.5, 0.6) is 0 Å². The molecule has 0 aromatic heterocycles. The highest BCUT2D eigenvalue weighted by molar-refractivity contribution is 8.19. The van der Waals surface area contributed by atoms with Gasteiger partial charge in [-0.2, -0.15) is 0 Å². The van der Waals surface area contributed by atoms with Gasteiger partial charge in [-0.25, -0.2) is 0 Å². The van der Waals surface area contributed by atoms with Gasteiger partial charge < -0.3 is 4.90 Å². The van der Waals surface area contributed by atoms with Gasteiger partial charge in [0.2, 0.25) is 0 Å². The Morgan fingerprint density at radius 1 is 0.692 bits per heavy atom. The number of amides is 1. The van der Waals surface area contributed by atoms with Gasteiger partial charge in [-0.3, -0.25) is 14.7 Å². The molecule has 39 heavy (non-hydrogen) atoms. The first-order valence-corrected chi connectivity index (χ1v) is 17.6. The Balaban J connectivity index is 1.31. The molecule has 1 aromatic carbocycles. The summed E-state index contributed by atoms with van der Waals surface area (Å²) in [6.45, 7) is 6.05. The number of anilines is 1. The van der Waals surface area contributed by atoms with Crippen LogP contribution in [0.25, 0.3) is 0 Å². The third-order valence-electron chi connectivity index (χ3n) is 7.79. The summed E-state index contributed by atoms with van der Waals surface area (Å²) < 4.78 is 0. The van der Waals surface area contributed by atoms with Crippen molar-refractivity contribution < 1.29 is 4.79 Å². The molecule has 0 radical (unpaired) electrons. The Kier molecular flexibility index (Phi) is 15.5. The highest BCUT2D eigenvalue weighted by Gasteiger charge is 2.38. The first kappa shape index (κ1) is 32.1. The van der Waals surface area contributed by atoms with Gasteiger partial charge in [0.1, 0.15) is 4.91 Å². The lowest BCUT2D eigenvalue weighted by Gasteiger charge is -2.16. The van der Waals surface area contributed by atoms with E-state index in [9.17, 15) is 4.79 Å². The quantitative estimate of drug-likeness (QED) is 0.115. The minimum Gasteiger partial charge on any atom is -0.337 e. The molecular weight excluding hydrogens is 519 g/mol. The van der Waals surface area contributed by atoms with E-state index < -0.39 is 0 Å². The molecule has 218 valence electrons. The molecule has 0 spiro atoms. The molecule has 6 heteroatoms. The Labute approximate surface area is 247 Å². The van der Waals surface area contributed by atoms with E-state index in [1.54, 1.807) is 23.5 Å². The third-order valence-corrected chi connectivity index (χ3v) is 10.3. The van der Waals surface area contributed by atoms with Crippen LogP contribution in [-0.2, 0) is 4.79 Å². The van der Waals surface area contributed by atoms with Crippen LogP contribution in [0, 0.1) is 0 Å². The monoisotopic (exact) mass is 571 g/mol. The fourth-order valence-electron chi connectivity index (χ4n) is 5.30. The highest BCUT2D eigenvalue weighted by atomic mass is 32.2. The van der Waals surface area contributed by atoms with Crippen molar-refractivity contribution in [3.05, 3.63) is 34.2 Å². The van der Waals surface area contributed by atoms with Crippen molar-refractivity contribution >= 4 is 40.3 Å². The number of rotatable bonds is 20. The summed E-state index contributed by atoms with van der Waals surface area (Å²) >= 11 is 3.29. The number of hydrogen-bond donors (Lipinski definition) is 0. The number of carbonyl (C=O) groups is 1. The van der Waals surface area contributed by atoms with Gasteiger partial charge in [0.05, 0.1) is 10.7 Å². The van der Waals surface area contributed by atoms with Crippen molar-refractivity contribution in [2.24, 2.45) is 4.99 Å². The number of benzene rings is 1. The summed E-state index contributed by atoms with van der Waals surface area (Å²) in [5, 5.41) is 1.95. The molecule has 0 atom stereocenters. The van der Waals surface area contributed by atoms with Gasteiger partial charge in [-0.05, 0) is 36.7 Å². The van der Waals surface area contributed by atoms with Crippen molar-refractivity contribution in [2.45, 2.75) is 134 Å². The van der Waals surface area contributed by atoms with Gasteiger partial charge in [0, 0.05) is 25.0 Å². The summed E-state index contributed by atoms with van der Waals surface area (Å²) in [5.74, 6) is 0.126. The zero-order valence-corrected chi connectivity index (χ0v) is 26.7. The molecule has 0 bridgehead atoms. The van der Waals surface area contributed by atoms with Crippen molar-refractivity contribution in [1.82, 2.24) is 4.90 Å². The third kappa shape index (κ3) is 10.5. The van der Waals surface area contributed by atoms with E-state index in [0.717, 1.165) is 47.5 Å². The van der Waals surface area contributed by atoms with Crippen LogP contribution in [0.15, 0.2) is 44.1 Å². The molecule has 0 unspecified atom stereocenters. The fraction of sp³-hybridized carbons (Fsp3) is 0.697. The Hall–Kier alpha value is -1.40. The summed E-state index contributed by atoms with van der Waals surface area (Å²) in [7, 11) is 2.07. The number of nitrogens with zero attached hydrogens (tertiary/aromatic N) is 3. The van der Waals surface area contributed by atoms with Crippen LogP contribution in [0.4, 0.5) is 5.69 Å². The van der Waals surface area contributed by atoms with E-state index in [1.807, 2.05) is 4.90 Å². The SMILES string of the molecule is CCCCCCCCCCCCCCCCCCN=C1SC(=C2Sc3ccccc3N2C)C(=O)N1CCCC. The van der Waals surface area contributed by atoms with E-state index in [2.05, 4.69) is 50.1 Å². The van der Waals surface area contributed by atoms with Crippen LogP contribution in [-0.4, -0.2) is 36.1 Å². The summed E-state index contributed by atoms with van der Waals surface area (Å²) in [6.07, 6.45) is 24.1. The maximum Gasteiger partial charge on any atom is 0.269 e. The molecule has 3 rings (SSSR count). The number of hydrogen-bond acceptors (Lipinski definition) is 5. The molecule has 1 fully saturated rings. The number of thioether (sulfide) groups is 2. The molecule has 1 saturated heterocycles. The zero-order chi connectivity index (χ0) is 27.7. The van der Waals surface area contributed by atoms with E-state index in [0.29, 0.717) is 0 Å². The molecule has 2 aliphatic heterocycles. The summed E-state index contributed by atoms with van der Waals surface area (Å²) in [5.41, 5.74) is 1.18. The van der Waals surface area contributed by atoms with Gasteiger partial charge in [0.15, 0.2) is 5.17 Å². The molecule has 1 aromatic rings. The van der Waals surface area contributed by atoms with Crippen LogP contribution in [0.1, 0.15) is 129 Å². The molecule has 1 amide bonds. The fourth-order valence-corrected chi connectivity index (χ4v) is 7.68. The van der Waals surface area contributed by atoms with Crippen molar-refractivity contribution in [3.63, 3.8) is 0 Å². The first-order chi connectivity index (χ1) is 19.2. The normalized spacial score (nSPS) is 18.1. The maximum atomic E-state index is 13.4. The number of amidine groups is 1. The largest absolute Gasteiger partial charge is 0.337 e. The molecule has 0 aliphatic carbocycles. The predicted molar refractivity (Wildman–Crippen MR) is 174 cm³/mol. The van der Waals surface area contributed by atoms with Gasteiger partial charge >= 0.3 is 0 Å². The smallest absolute Gasteiger partial charge is 0.269 e. The highest BCUT2D eigenvalue weighted by Crippen LogP contribution is 2.49. The summed E-state index contributed by atoms with van der Waals surface area (Å²) in [6, 6.07) is 8.39. The number of unbranched alkanes of at least 4 members (excludes halogenated alkanes) is 16. The molecular formula is C33H53N3OS2. The van der Waals surface area contributed by atoms with Crippen LogP contribution in [0.3, 0.4) is 0 Å². The standard InChI is InChI=1S/C33H53N3OS2/c1-4-6-8-9-10-11-12-13-14-15-16-17-18-19-20-23-26-34-33-36(27-7-5-2)31(37)30(39-33)32-35(3)28-24-21-22-25-29(28)38-32/h21-22,24-25H,4-20,23,26-27H2,1-3H3. The Morgan fingerprint density at radius 3 is 1.79 bits per heavy atom. The number of fused-ring (bicyclic) bond motifs is 1. The van der Waals surface area contributed by atoms with E-state index in [-0.39, 0.29) is 5.91 Å². The molecule has 4 nitrogen and oxygen atoms in total. The maximum absolute atomic E-state index is 13.4. The second-order valence-corrected chi connectivity index (χ2v) is 13.2. The zero-order valence-electron chi connectivity index (χ0n) is 25.0. The van der Waals surface area contributed by atoms with Gasteiger partial charge in [-0.1, -0.05) is 140 Å². The molecule has 0 N–H and O–H groups in total. The van der Waals surface area contributed by atoms with Gasteiger partial charge in [0.25, 0.3) is 5.91 Å². The Morgan fingerprint density at radius 2 is 1.23 bits per heavy atom. The van der Waals surface area contributed by atoms with E-state index in [1.165, 1.54) is 107 Å². The topological polar surface area (TPSA) is 35.9 Å². The lowest BCUT2D eigenvalue weighted by Crippen LogP contribution is -2.30. The average Bonchev–Trinajstić information content (AvgIpc) is 3.44. The van der Waals surface area contributed by atoms with E-state index >= 15 is 0 Å². The van der Waals surface area contributed by atoms with Crippen molar-refractivity contribution in [1.29, 1.82) is 0 Å². The lowest BCUT2D eigenvalue weighted by atomic mass is 10.0. The van der Waals surface area contributed by atoms with Gasteiger partial charge in [-0.15, -0.1) is 0 Å². The van der Waals surface area contributed by atoms with Crippen molar-refractivity contribution in [2.75, 3.05) is 25.0 Å². The second-order valence-electron chi connectivity index (χ2n) is 11.1. The minimum atomic E-state index is 0.126. The number of aliphatic imine (C=N–C) groups is 1. The average molecular weight is 572 g/mol.